The molecule has 0 N–H and O–H groups in total. The number of rotatable bonds is 4. The summed E-state index contributed by atoms with van der Waals surface area (Å²) < 4.78 is 0. The van der Waals surface area contributed by atoms with Gasteiger partial charge in [-0.15, -0.1) is 0 Å². The van der Waals surface area contributed by atoms with E-state index in [4.69, 9.17) is 5.26 Å². The fourth-order valence-corrected chi connectivity index (χ4v) is 3.29. The summed E-state index contributed by atoms with van der Waals surface area (Å²) in [4.78, 5) is 2.51. The van der Waals surface area contributed by atoms with E-state index in [1.807, 2.05) is 18.2 Å². The predicted molar refractivity (Wildman–Crippen MR) is 89.3 cm³/mol. The zero-order valence-electron chi connectivity index (χ0n) is 12.9. The molecule has 0 bridgehead atoms. The smallest absolute Gasteiger partial charge is 0.0991 e. The Hall–Kier alpha value is -2.11. The maximum atomic E-state index is 8.98. The Balaban J connectivity index is 1.50. The monoisotopic (exact) mass is 290 g/mol. The second kappa shape index (κ2) is 7.24. The number of nitriles is 1. The van der Waals surface area contributed by atoms with Crippen molar-refractivity contribution >= 4 is 0 Å². The standard InChI is InChI=1S/C20H22N2/c21-15-19-7-4-8-20(14-19)16-22-11-9-18(10-12-22)13-17-5-2-1-3-6-17/h1-8,14,18H,9-13,16H2. The molecule has 1 aliphatic rings. The highest BCUT2D eigenvalue weighted by atomic mass is 15.1. The van der Waals surface area contributed by atoms with Crippen molar-refractivity contribution in [1.82, 2.24) is 4.90 Å². The van der Waals surface area contributed by atoms with E-state index in [1.165, 1.54) is 30.4 Å². The molecule has 1 fully saturated rings. The zero-order valence-corrected chi connectivity index (χ0v) is 12.9. The summed E-state index contributed by atoms with van der Waals surface area (Å²) in [5.41, 5.74) is 3.47. The van der Waals surface area contributed by atoms with Gasteiger partial charge in [-0.1, -0.05) is 42.5 Å². The fourth-order valence-electron chi connectivity index (χ4n) is 3.29. The van der Waals surface area contributed by atoms with Crippen LogP contribution >= 0.6 is 0 Å². The van der Waals surface area contributed by atoms with Crippen molar-refractivity contribution < 1.29 is 0 Å². The molecule has 0 aliphatic carbocycles. The van der Waals surface area contributed by atoms with Crippen molar-refractivity contribution in [2.45, 2.75) is 25.8 Å². The molecule has 0 radical (unpaired) electrons. The molecule has 0 amide bonds. The van der Waals surface area contributed by atoms with E-state index in [0.717, 1.165) is 31.1 Å². The number of hydrogen-bond donors (Lipinski definition) is 0. The van der Waals surface area contributed by atoms with Gasteiger partial charge in [0.2, 0.25) is 0 Å². The Morgan fingerprint density at radius 3 is 2.41 bits per heavy atom. The largest absolute Gasteiger partial charge is 0.299 e. The second-order valence-corrected chi connectivity index (χ2v) is 6.22. The molecule has 1 saturated heterocycles. The van der Waals surface area contributed by atoms with Gasteiger partial charge in [-0.25, -0.2) is 0 Å². The lowest BCUT2D eigenvalue weighted by atomic mass is 9.90. The number of benzene rings is 2. The summed E-state index contributed by atoms with van der Waals surface area (Å²) in [5, 5.41) is 8.98. The first-order valence-corrected chi connectivity index (χ1v) is 8.09. The highest BCUT2D eigenvalue weighted by Crippen LogP contribution is 2.22. The van der Waals surface area contributed by atoms with Gasteiger partial charge >= 0.3 is 0 Å². The lowest BCUT2D eigenvalue weighted by Crippen LogP contribution is -2.33. The lowest BCUT2D eigenvalue weighted by molar-refractivity contribution is 0.177. The molecule has 22 heavy (non-hydrogen) atoms. The third-order valence-corrected chi connectivity index (χ3v) is 4.54. The van der Waals surface area contributed by atoms with E-state index >= 15 is 0 Å². The molecule has 2 heteroatoms. The fraction of sp³-hybridized carbons (Fsp3) is 0.350. The molecule has 1 heterocycles. The Kier molecular flexibility index (Phi) is 4.88. The minimum atomic E-state index is 0.761. The van der Waals surface area contributed by atoms with Gasteiger partial charge in [-0.3, -0.25) is 4.90 Å². The maximum Gasteiger partial charge on any atom is 0.0991 e. The number of nitrogens with zero attached hydrogens (tertiary/aromatic N) is 2. The zero-order chi connectivity index (χ0) is 15.2. The molecule has 1 aliphatic heterocycles. The van der Waals surface area contributed by atoms with Crippen molar-refractivity contribution in [1.29, 1.82) is 5.26 Å². The molecule has 0 spiro atoms. The third-order valence-electron chi connectivity index (χ3n) is 4.54. The van der Waals surface area contributed by atoms with Crippen LogP contribution in [0.5, 0.6) is 0 Å². The van der Waals surface area contributed by atoms with Crippen molar-refractivity contribution in [3.8, 4) is 6.07 Å². The van der Waals surface area contributed by atoms with Gasteiger partial charge in [0.1, 0.15) is 0 Å². The van der Waals surface area contributed by atoms with Crippen molar-refractivity contribution in [2.75, 3.05) is 13.1 Å². The molecule has 0 aromatic heterocycles. The quantitative estimate of drug-likeness (QED) is 0.850. The van der Waals surface area contributed by atoms with Crippen molar-refractivity contribution in [3.63, 3.8) is 0 Å². The number of likely N-dealkylation sites (tertiary alicyclic amines) is 1. The Morgan fingerprint density at radius 1 is 0.955 bits per heavy atom. The molecule has 2 nitrogen and oxygen atoms in total. The average Bonchev–Trinajstić information content (AvgIpc) is 2.58. The molecular formula is C20H22N2. The van der Waals surface area contributed by atoms with E-state index in [1.54, 1.807) is 0 Å². The molecule has 3 rings (SSSR count). The van der Waals surface area contributed by atoms with Crippen LogP contribution in [0.3, 0.4) is 0 Å². The highest BCUT2D eigenvalue weighted by molar-refractivity contribution is 5.32. The van der Waals surface area contributed by atoms with Gasteiger partial charge in [0.25, 0.3) is 0 Å². The molecule has 0 saturated carbocycles. The summed E-state index contributed by atoms with van der Waals surface area (Å²) in [6.07, 6.45) is 3.75. The number of hydrogen-bond acceptors (Lipinski definition) is 2. The molecule has 0 atom stereocenters. The van der Waals surface area contributed by atoms with Gasteiger partial charge in [0.05, 0.1) is 11.6 Å². The highest BCUT2D eigenvalue weighted by Gasteiger charge is 2.19. The van der Waals surface area contributed by atoms with E-state index < -0.39 is 0 Å². The topological polar surface area (TPSA) is 27.0 Å². The number of piperidine rings is 1. The first-order valence-electron chi connectivity index (χ1n) is 8.09. The molecular weight excluding hydrogens is 268 g/mol. The summed E-state index contributed by atoms with van der Waals surface area (Å²) >= 11 is 0. The normalized spacial score (nSPS) is 16.3. The summed E-state index contributed by atoms with van der Waals surface area (Å²) in [7, 11) is 0. The minimum absolute atomic E-state index is 0.761. The Bertz CT molecular complexity index is 634. The van der Waals surface area contributed by atoms with E-state index in [9.17, 15) is 0 Å². The van der Waals surface area contributed by atoms with Gasteiger partial charge in [0, 0.05) is 6.54 Å². The molecule has 2 aromatic rings. The van der Waals surface area contributed by atoms with Crippen molar-refractivity contribution in [2.24, 2.45) is 5.92 Å². The van der Waals surface area contributed by atoms with E-state index in [0.29, 0.717) is 0 Å². The Labute approximate surface area is 133 Å². The average molecular weight is 290 g/mol. The van der Waals surface area contributed by atoms with Gasteiger partial charge in [-0.2, -0.15) is 5.26 Å². The molecule has 0 unspecified atom stereocenters. The summed E-state index contributed by atoms with van der Waals surface area (Å²) in [6, 6.07) is 21.0. The van der Waals surface area contributed by atoms with Crippen LogP contribution in [0.15, 0.2) is 54.6 Å². The predicted octanol–water partition coefficient (Wildman–Crippen LogP) is 4.01. The van der Waals surface area contributed by atoms with Crippen LogP contribution in [0.1, 0.15) is 29.5 Å². The maximum absolute atomic E-state index is 8.98. The van der Waals surface area contributed by atoms with Crippen LogP contribution in [0.25, 0.3) is 0 Å². The first kappa shape index (κ1) is 14.8. The van der Waals surface area contributed by atoms with Gasteiger partial charge in [0.15, 0.2) is 0 Å². The van der Waals surface area contributed by atoms with Crippen LogP contribution in [-0.2, 0) is 13.0 Å². The van der Waals surface area contributed by atoms with Gasteiger partial charge < -0.3 is 0 Å². The van der Waals surface area contributed by atoms with Gasteiger partial charge in [-0.05, 0) is 61.5 Å². The van der Waals surface area contributed by atoms with Crippen LogP contribution in [0.2, 0.25) is 0 Å². The summed E-state index contributed by atoms with van der Waals surface area (Å²) in [6.45, 7) is 3.29. The van der Waals surface area contributed by atoms with Crippen molar-refractivity contribution in [3.05, 3.63) is 71.3 Å². The molecule has 112 valence electrons. The van der Waals surface area contributed by atoms with Crippen LogP contribution in [0, 0.1) is 17.2 Å². The van der Waals surface area contributed by atoms with Crippen LogP contribution in [-0.4, -0.2) is 18.0 Å². The summed E-state index contributed by atoms with van der Waals surface area (Å²) in [5.74, 6) is 0.809. The van der Waals surface area contributed by atoms with Crippen LogP contribution in [0.4, 0.5) is 0 Å². The Morgan fingerprint density at radius 2 is 1.68 bits per heavy atom. The lowest BCUT2D eigenvalue weighted by Gasteiger charge is -2.32. The SMILES string of the molecule is N#Cc1cccc(CN2CCC(Cc3ccccc3)CC2)c1. The molecule has 2 aromatic carbocycles. The minimum Gasteiger partial charge on any atom is -0.299 e. The van der Waals surface area contributed by atoms with E-state index in [-0.39, 0.29) is 0 Å². The first-order chi connectivity index (χ1) is 10.8. The second-order valence-electron chi connectivity index (χ2n) is 6.22. The van der Waals surface area contributed by atoms with E-state index in [2.05, 4.69) is 47.4 Å². The van der Waals surface area contributed by atoms with Crippen LogP contribution < -0.4 is 0 Å². The third kappa shape index (κ3) is 3.96.